The van der Waals surface area contributed by atoms with Crippen molar-refractivity contribution in [3.63, 3.8) is 0 Å². The predicted molar refractivity (Wildman–Crippen MR) is 113 cm³/mol. The molecule has 28 heavy (non-hydrogen) atoms. The van der Waals surface area contributed by atoms with Gasteiger partial charge in [-0.15, -0.1) is 0 Å². The zero-order valence-corrected chi connectivity index (χ0v) is 17.3. The molecule has 0 radical (unpaired) electrons. The average Bonchev–Trinajstić information content (AvgIpc) is 2.68. The van der Waals surface area contributed by atoms with Crippen LogP contribution in [-0.2, 0) is 16.3 Å². The number of benzene rings is 3. The van der Waals surface area contributed by atoms with E-state index in [0.29, 0.717) is 10.6 Å². The Bertz CT molecular complexity index is 1070. The largest absolute Gasteiger partial charge is 0.293 e. The summed E-state index contributed by atoms with van der Waals surface area (Å²) in [6.07, 6.45) is 0.0834. The van der Waals surface area contributed by atoms with Crippen molar-refractivity contribution in [1.82, 2.24) is 0 Å². The summed E-state index contributed by atoms with van der Waals surface area (Å²) in [7, 11) is -3.87. The summed E-state index contributed by atoms with van der Waals surface area (Å²) in [4.78, 5) is 13.4. The van der Waals surface area contributed by atoms with Gasteiger partial charge in [-0.05, 0) is 50.1 Å². The molecule has 3 nitrogen and oxygen atoms in total. The van der Waals surface area contributed by atoms with E-state index in [4.69, 9.17) is 11.6 Å². The number of ketones is 1. The van der Waals surface area contributed by atoms with Crippen molar-refractivity contribution in [3.8, 4) is 0 Å². The lowest BCUT2D eigenvalue weighted by Gasteiger charge is -2.18. The molecule has 0 unspecified atom stereocenters. The molecule has 3 aromatic carbocycles. The average molecular weight is 413 g/mol. The SMILES string of the molecule is Cc1ccc(C(=O)[C@@H](Cc2ccc(Cl)cc2)S(=O)(=O)c2ccc(C)cc2)cc1. The first kappa shape index (κ1) is 20.3. The molecule has 144 valence electrons. The van der Waals surface area contributed by atoms with E-state index in [1.54, 1.807) is 60.7 Å². The second-order valence-electron chi connectivity index (χ2n) is 6.91. The van der Waals surface area contributed by atoms with Crippen molar-refractivity contribution in [2.45, 2.75) is 30.4 Å². The summed E-state index contributed by atoms with van der Waals surface area (Å²) in [5.74, 6) is -0.407. The number of Topliss-reactive ketones (excluding diaryl/α,β-unsaturated/α-hetero) is 1. The molecule has 0 aliphatic carbocycles. The van der Waals surface area contributed by atoms with E-state index in [9.17, 15) is 13.2 Å². The molecule has 1 atom stereocenters. The van der Waals surface area contributed by atoms with Crippen molar-refractivity contribution in [1.29, 1.82) is 0 Å². The van der Waals surface area contributed by atoms with E-state index in [-0.39, 0.29) is 11.3 Å². The van der Waals surface area contributed by atoms with Gasteiger partial charge in [-0.25, -0.2) is 8.42 Å². The van der Waals surface area contributed by atoms with Crippen LogP contribution in [0.1, 0.15) is 27.0 Å². The zero-order valence-electron chi connectivity index (χ0n) is 15.7. The molecule has 3 aromatic rings. The summed E-state index contributed by atoms with van der Waals surface area (Å²) < 4.78 is 26.7. The third-order valence-electron chi connectivity index (χ3n) is 4.69. The van der Waals surface area contributed by atoms with Crippen LogP contribution in [0, 0.1) is 13.8 Å². The minimum absolute atomic E-state index is 0.0834. The Balaban J connectivity index is 2.04. The molecule has 0 aliphatic heterocycles. The Morgan fingerprint density at radius 3 is 1.86 bits per heavy atom. The van der Waals surface area contributed by atoms with Crippen LogP contribution in [0.3, 0.4) is 0 Å². The molecule has 0 saturated carbocycles. The van der Waals surface area contributed by atoms with Crippen LogP contribution in [0.4, 0.5) is 0 Å². The molecule has 0 aliphatic rings. The standard InChI is InChI=1S/C23H21ClO3S/c1-16-3-9-19(10-4-16)23(25)22(15-18-7-11-20(24)12-8-18)28(26,27)21-13-5-17(2)6-14-21/h3-14,22H,15H2,1-2H3/t22-/m1/s1. The molecule has 0 saturated heterocycles. The monoisotopic (exact) mass is 412 g/mol. The number of sulfone groups is 1. The van der Waals surface area contributed by atoms with Crippen LogP contribution >= 0.6 is 11.6 Å². The number of carbonyl (C=O) groups is 1. The summed E-state index contributed by atoms with van der Waals surface area (Å²) in [6.45, 7) is 3.81. The fourth-order valence-electron chi connectivity index (χ4n) is 2.97. The maximum atomic E-state index is 13.3. The minimum atomic E-state index is -3.87. The van der Waals surface area contributed by atoms with Crippen molar-refractivity contribution in [2.75, 3.05) is 0 Å². The molecule has 0 fully saturated rings. The first-order chi connectivity index (χ1) is 13.3. The number of aryl methyl sites for hydroxylation is 2. The van der Waals surface area contributed by atoms with Crippen LogP contribution < -0.4 is 0 Å². The normalized spacial score (nSPS) is 12.5. The van der Waals surface area contributed by atoms with Crippen LogP contribution in [0.25, 0.3) is 0 Å². The topological polar surface area (TPSA) is 51.2 Å². The fraction of sp³-hybridized carbons (Fsp3) is 0.174. The Hall–Kier alpha value is -2.43. The zero-order chi connectivity index (χ0) is 20.3. The summed E-state index contributed by atoms with van der Waals surface area (Å²) in [5.41, 5.74) is 3.09. The number of hydrogen-bond donors (Lipinski definition) is 0. The highest BCUT2D eigenvalue weighted by atomic mass is 35.5. The van der Waals surface area contributed by atoms with Gasteiger partial charge in [0.05, 0.1) is 4.90 Å². The van der Waals surface area contributed by atoms with E-state index in [2.05, 4.69) is 0 Å². The first-order valence-electron chi connectivity index (χ1n) is 8.93. The van der Waals surface area contributed by atoms with Gasteiger partial charge in [0.1, 0.15) is 5.25 Å². The molecule has 0 N–H and O–H groups in total. The van der Waals surface area contributed by atoms with Crippen LogP contribution in [-0.4, -0.2) is 19.5 Å². The summed E-state index contributed by atoms with van der Waals surface area (Å²) in [5, 5.41) is -0.648. The van der Waals surface area contributed by atoms with E-state index < -0.39 is 20.9 Å². The van der Waals surface area contributed by atoms with Crippen molar-refractivity contribution < 1.29 is 13.2 Å². The second kappa shape index (κ2) is 8.29. The van der Waals surface area contributed by atoms with Crippen LogP contribution in [0.5, 0.6) is 0 Å². The number of halogens is 1. The Morgan fingerprint density at radius 1 is 0.821 bits per heavy atom. The highest BCUT2D eigenvalue weighted by molar-refractivity contribution is 7.92. The quantitative estimate of drug-likeness (QED) is 0.521. The lowest BCUT2D eigenvalue weighted by Crippen LogP contribution is -2.33. The number of carbonyl (C=O) groups excluding carboxylic acids is 1. The van der Waals surface area contributed by atoms with E-state index >= 15 is 0 Å². The Labute approximate surface area is 170 Å². The van der Waals surface area contributed by atoms with Gasteiger partial charge < -0.3 is 0 Å². The first-order valence-corrected chi connectivity index (χ1v) is 10.9. The van der Waals surface area contributed by atoms with Crippen molar-refractivity contribution in [3.05, 3.63) is 100 Å². The molecule has 5 heteroatoms. The predicted octanol–water partition coefficient (Wildman–Crippen LogP) is 5.22. The molecule has 0 aromatic heterocycles. The van der Waals surface area contributed by atoms with Gasteiger partial charge in [0.15, 0.2) is 15.6 Å². The lowest BCUT2D eigenvalue weighted by molar-refractivity contribution is 0.0986. The van der Waals surface area contributed by atoms with Gasteiger partial charge in [-0.3, -0.25) is 4.79 Å². The second-order valence-corrected chi connectivity index (χ2v) is 9.47. The molecular weight excluding hydrogens is 392 g/mol. The smallest absolute Gasteiger partial charge is 0.189 e. The highest BCUT2D eigenvalue weighted by Gasteiger charge is 2.34. The van der Waals surface area contributed by atoms with Gasteiger partial charge in [-0.2, -0.15) is 0 Å². The van der Waals surface area contributed by atoms with Gasteiger partial charge in [0.25, 0.3) is 0 Å². The van der Waals surface area contributed by atoms with Crippen LogP contribution in [0.2, 0.25) is 5.02 Å². The Morgan fingerprint density at radius 2 is 1.32 bits per heavy atom. The maximum Gasteiger partial charge on any atom is 0.189 e. The molecule has 0 bridgehead atoms. The number of hydrogen-bond acceptors (Lipinski definition) is 3. The lowest BCUT2D eigenvalue weighted by atomic mass is 10.0. The van der Waals surface area contributed by atoms with E-state index in [1.165, 1.54) is 0 Å². The highest BCUT2D eigenvalue weighted by Crippen LogP contribution is 2.24. The van der Waals surface area contributed by atoms with E-state index in [1.807, 2.05) is 26.0 Å². The van der Waals surface area contributed by atoms with Crippen LogP contribution in [0.15, 0.2) is 77.7 Å². The molecule has 3 rings (SSSR count). The third kappa shape index (κ3) is 4.51. The van der Waals surface area contributed by atoms with Crippen molar-refractivity contribution >= 4 is 27.2 Å². The van der Waals surface area contributed by atoms with Gasteiger partial charge in [0, 0.05) is 10.6 Å². The maximum absolute atomic E-state index is 13.3. The summed E-state index contributed by atoms with van der Waals surface area (Å²) >= 11 is 5.94. The third-order valence-corrected chi connectivity index (χ3v) is 7.00. The molecule has 0 amide bonds. The van der Waals surface area contributed by atoms with E-state index in [0.717, 1.165) is 16.7 Å². The Kier molecular flexibility index (Phi) is 6.01. The summed E-state index contributed by atoms with van der Waals surface area (Å²) in [6, 6.07) is 20.5. The molecule has 0 spiro atoms. The van der Waals surface area contributed by atoms with Gasteiger partial charge >= 0.3 is 0 Å². The minimum Gasteiger partial charge on any atom is -0.293 e. The van der Waals surface area contributed by atoms with Gasteiger partial charge in [-0.1, -0.05) is 71.3 Å². The number of rotatable bonds is 6. The molecule has 0 heterocycles. The molecular formula is C23H21ClO3S. The fourth-order valence-corrected chi connectivity index (χ4v) is 4.77. The van der Waals surface area contributed by atoms with Gasteiger partial charge in [0.2, 0.25) is 0 Å². The van der Waals surface area contributed by atoms with Crippen molar-refractivity contribution in [2.24, 2.45) is 0 Å².